The fraction of sp³-hybridized carbons (Fsp3) is 0.900. The van der Waals surface area contributed by atoms with Gasteiger partial charge in [0.25, 0.3) is 5.91 Å². The zero-order chi connectivity index (χ0) is 17.8. The van der Waals surface area contributed by atoms with Gasteiger partial charge in [-0.05, 0) is 55.8 Å². The van der Waals surface area contributed by atoms with Gasteiger partial charge in [-0.15, -0.1) is 0 Å². The van der Waals surface area contributed by atoms with Crippen LogP contribution in [-0.2, 0) is 14.3 Å². The summed E-state index contributed by atoms with van der Waals surface area (Å²) in [4.78, 5) is 25.7. The van der Waals surface area contributed by atoms with Crippen LogP contribution in [0.1, 0.15) is 73.6 Å². The van der Waals surface area contributed by atoms with Crippen molar-refractivity contribution >= 4 is 11.9 Å². The standard InChI is InChI=1S/C20H31NO3/c1-16(2)12-7-8-18(16,5)13(11-12)21-14(22)20-10-9-19(6,15(23)24-20)17(20,3)4/h12-13H,7-11H2,1-6H3,(H,21,22)/t12-,13-,18-,19-,20+/m1/s1. The monoisotopic (exact) mass is 333 g/mol. The minimum Gasteiger partial charge on any atom is -0.448 e. The molecule has 0 spiro atoms. The lowest BCUT2D eigenvalue weighted by Gasteiger charge is -2.42. The molecular formula is C20H31NO3. The third-order valence-corrected chi connectivity index (χ3v) is 9.55. The fourth-order valence-corrected chi connectivity index (χ4v) is 6.44. The highest BCUT2D eigenvalue weighted by atomic mass is 16.6. The van der Waals surface area contributed by atoms with E-state index in [9.17, 15) is 9.59 Å². The van der Waals surface area contributed by atoms with Crippen molar-refractivity contribution in [1.29, 1.82) is 0 Å². The Hall–Kier alpha value is -1.06. The summed E-state index contributed by atoms with van der Waals surface area (Å²) in [5, 5.41) is 3.34. The predicted octanol–water partition coefficient (Wildman–Crippen LogP) is 3.44. The molecule has 4 heteroatoms. The summed E-state index contributed by atoms with van der Waals surface area (Å²) in [6.07, 6.45) is 4.87. The molecule has 4 fully saturated rings. The minimum atomic E-state index is -0.985. The number of carbonyl (C=O) groups excluding carboxylic acids is 2. The summed E-state index contributed by atoms with van der Waals surface area (Å²) in [5.74, 6) is 0.420. The van der Waals surface area contributed by atoms with Crippen LogP contribution in [0.15, 0.2) is 0 Å². The van der Waals surface area contributed by atoms with Crippen molar-refractivity contribution in [3.05, 3.63) is 0 Å². The number of fused-ring (bicyclic) bond motifs is 4. The molecule has 3 saturated carbocycles. The lowest BCUT2D eigenvalue weighted by atomic mass is 9.65. The van der Waals surface area contributed by atoms with E-state index in [1.54, 1.807) is 0 Å². The number of hydrogen-bond donors (Lipinski definition) is 1. The summed E-state index contributed by atoms with van der Waals surface area (Å²) < 4.78 is 5.75. The number of rotatable bonds is 2. The Labute approximate surface area is 145 Å². The topological polar surface area (TPSA) is 55.4 Å². The van der Waals surface area contributed by atoms with Gasteiger partial charge in [-0.3, -0.25) is 9.59 Å². The van der Waals surface area contributed by atoms with Crippen LogP contribution in [-0.4, -0.2) is 23.5 Å². The Balaban J connectivity index is 1.62. The van der Waals surface area contributed by atoms with E-state index in [2.05, 4.69) is 26.1 Å². The molecule has 24 heavy (non-hydrogen) atoms. The Bertz CT molecular complexity index is 639. The van der Waals surface area contributed by atoms with Gasteiger partial charge < -0.3 is 10.1 Å². The number of carbonyl (C=O) groups is 2. The maximum absolute atomic E-state index is 13.3. The summed E-state index contributed by atoms with van der Waals surface area (Å²) in [6.45, 7) is 13.0. The lowest BCUT2D eigenvalue weighted by Crippen LogP contribution is -2.58. The van der Waals surface area contributed by atoms with Gasteiger partial charge >= 0.3 is 5.97 Å². The van der Waals surface area contributed by atoms with Crippen LogP contribution in [0.3, 0.4) is 0 Å². The van der Waals surface area contributed by atoms with Gasteiger partial charge in [-0.1, -0.05) is 34.6 Å². The van der Waals surface area contributed by atoms with Gasteiger partial charge in [-0.2, -0.15) is 0 Å². The third kappa shape index (κ3) is 1.44. The number of nitrogens with one attached hydrogen (secondary N) is 1. The first-order valence-electron chi connectivity index (χ1n) is 9.47. The van der Waals surface area contributed by atoms with E-state index in [0.29, 0.717) is 12.3 Å². The zero-order valence-electron chi connectivity index (χ0n) is 15.9. The molecule has 4 bridgehead atoms. The van der Waals surface area contributed by atoms with Crippen molar-refractivity contribution in [1.82, 2.24) is 5.32 Å². The molecule has 1 aliphatic heterocycles. The van der Waals surface area contributed by atoms with Gasteiger partial charge in [0, 0.05) is 11.5 Å². The highest BCUT2D eigenvalue weighted by Crippen LogP contribution is 2.67. The normalized spacial score (nSPS) is 50.2. The Morgan fingerprint density at radius 1 is 1.08 bits per heavy atom. The first kappa shape index (κ1) is 16.4. The quantitative estimate of drug-likeness (QED) is 0.788. The summed E-state index contributed by atoms with van der Waals surface area (Å²) in [6, 6.07) is 0.190. The molecule has 1 heterocycles. The van der Waals surface area contributed by atoms with Crippen LogP contribution < -0.4 is 5.32 Å². The number of esters is 1. The van der Waals surface area contributed by atoms with E-state index in [0.717, 1.165) is 12.8 Å². The van der Waals surface area contributed by atoms with Gasteiger partial charge in [0.15, 0.2) is 5.60 Å². The molecule has 4 rings (SSSR count). The van der Waals surface area contributed by atoms with Crippen molar-refractivity contribution in [2.75, 3.05) is 0 Å². The van der Waals surface area contributed by atoms with E-state index < -0.39 is 16.4 Å². The van der Waals surface area contributed by atoms with Crippen molar-refractivity contribution < 1.29 is 14.3 Å². The maximum atomic E-state index is 13.3. The number of amides is 1. The molecule has 4 nitrogen and oxygen atoms in total. The number of ether oxygens (including phenoxy) is 1. The molecule has 1 N–H and O–H groups in total. The largest absolute Gasteiger partial charge is 0.448 e. The van der Waals surface area contributed by atoms with Crippen molar-refractivity contribution in [3.8, 4) is 0 Å². The van der Waals surface area contributed by atoms with Crippen LogP contribution in [0.4, 0.5) is 0 Å². The molecule has 0 radical (unpaired) electrons. The summed E-state index contributed by atoms with van der Waals surface area (Å²) >= 11 is 0. The maximum Gasteiger partial charge on any atom is 0.313 e. The second-order valence-electron chi connectivity index (χ2n) is 10.3. The van der Waals surface area contributed by atoms with E-state index in [1.807, 2.05) is 20.8 Å². The van der Waals surface area contributed by atoms with Crippen LogP contribution in [0.5, 0.6) is 0 Å². The molecule has 5 atom stereocenters. The summed E-state index contributed by atoms with van der Waals surface area (Å²) in [5.41, 5.74) is -1.59. The fourth-order valence-electron chi connectivity index (χ4n) is 6.44. The molecular weight excluding hydrogens is 302 g/mol. The van der Waals surface area contributed by atoms with E-state index in [-0.39, 0.29) is 28.7 Å². The Morgan fingerprint density at radius 3 is 2.17 bits per heavy atom. The first-order chi connectivity index (χ1) is 10.9. The van der Waals surface area contributed by atoms with Crippen LogP contribution in [0, 0.1) is 27.6 Å². The van der Waals surface area contributed by atoms with Crippen LogP contribution in [0.25, 0.3) is 0 Å². The highest BCUT2D eigenvalue weighted by molar-refractivity contribution is 5.96. The van der Waals surface area contributed by atoms with E-state index >= 15 is 0 Å². The average Bonchev–Trinajstić information content (AvgIpc) is 2.97. The van der Waals surface area contributed by atoms with Gasteiger partial charge in [0.05, 0.1) is 5.41 Å². The highest BCUT2D eigenvalue weighted by Gasteiger charge is 2.76. The van der Waals surface area contributed by atoms with Crippen molar-refractivity contribution in [2.45, 2.75) is 85.3 Å². The molecule has 1 saturated heterocycles. The van der Waals surface area contributed by atoms with E-state index in [4.69, 9.17) is 4.74 Å². The smallest absolute Gasteiger partial charge is 0.313 e. The van der Waals surface area contributed by atoms with Crippen LogP contribution >= 0.6 is 0 Å². The minimum absolute atomic E-state index is 0.0587. The average molecular weight is 333 g/mol. The lowest BCUT2D eigenvalue weighted by molar-refractivity contribution is -0.169. The SMILES string of the molecule is CC1(C)[C@@]2(C(=O)N[C@@H]3C[C@H]4CC[C@@]3(C)C4(C)C)CC[C@]1(C)C(=O)O2. The second kappa shape index (κ2) is 4.19. The number of hydrogen-bond acceptors (Lipinski definition) is 3. The predicted molar refractivity (Wildman–Crippen MR) is 91.1 cm³/mol. The van der Waals surface area contributed by atoms with Gasteiger partial charge in [-0.25, -0.2) is 0 Å². The Morgan fingerprint density at radius 2 is 1.75 bits per heavy atom. The van der Waals surface area contributed by atoms with Gasteiger partial charge in [0.1, 0.15) is 0 Å². The molecule has 0 aromatic carbocycles. The first-order valence-corrected chi connectivity index (χ1v) is 9.47. The zero-order valence-corrected chi connectivity index (χ0v) is 15.9. The van der Waals surface area contributed by atoms with Crippen LogP contribution in [0.2, 0.25) is 0 Å². The molecule has 1 amide bonds. The molecule has 0 aromatic heterocycles. The van der Waals surface area contributed by atoms with Gasteiger partial charge in [0.2, 0.25) is 0 Å². The molecule has 134 valence electrons. The van der Waals surface area contributed by atoms with Crippen molar-refractivity contribution in [3.63, 3.8) is 0 Å². The second-order valence-corrected chi connectivity index (χ2v) is 10.3. The molecule has 3 aliphatic carbocycles. The van der Waals surface area contributed by atoms with E-state index in [1.165, 1.54) is 12.8 Å². The Kier molecular flexibility index (Phi) is 2.86. The summed E-state index contributed by atoms with van der Waals surface area (Å²) in [7, 11) is 0. The third-order valence-electron chi connectivity index (χ3n) is 9.55. The van der Waals surface area contributed by atoms with Crippen molar-refractivity contribution in [2.24, 2.45) is 27.6 Å². The molecule has 0 unspecified atom stereocenters. The molecule has 4 aliphatic rings. The molecule has 0 aromatic rings.